The van der Waals surface area contributed by atoms with Crippen molar-refractivity contribution < 1.29 is 33.0 Å². The maximum absolute atomic E-state index is 9.63. The van der Waals surface area contributed by atoms with E-state index in [0.717, 1.165) is 0 Å². The molecule has 0 bridgehead atoms. The summed E-state index contributed by atoms with van der Waals surface area (Å²) in [5, 5.41) is 0. The third kappa shape index (κ3) is 22.8. The van der Waals surface area contributed by atoms with Crippen LogP contribution in [0.2, 0.25) is 0 Å². The molecule has 0 heterocycles. The van der Waals surface area contributed by atoms with Gasteiger partial charge >= 0.3 is 76.4 Å². The van der Waals surface area contributed by atoms with E-state index < -0.39 is 15.6 Å². The molecule has 12 heteroatoms. The Labute approximate surface area is 114 Å². The standard InChI is InChI=1S/Ca.Mg.H3N.H4O7P2.4H/c;;;1-8(2,3)7-9(4,5)6;;;;/h;;1H3;(H2,1,2,3)(H2,4,5,6);;;;. The van der Waals surface area contributed by atoms with E-state index in [4.69, 9.17) is 19.6 Å². The zero-order valence-electron chi connectivity index (χ0n) is 4.62. The minimum Gasteiger partial charge on any atom is 0.316 e. The van der Waals surface area contributed by atoms with Crippen molar-refractivity contribution >= 4 is 76.4 Å². The van der Waals surface area contributed by atoms with E-state index in [-0.39, 0.29) is 66.9 Å². The molecule has 0 atom stereocenters. The van der Waals surface area contributed by atoms with Gasteiger partial charge < -0.3 is 25.7 Å². The second-order valence-corrected chi connectivity index (χ2v) is 3.68. The second-order valence-electron chi connectivity index (χ2n) is 1.06. The van der Waals surface area contributed by atoms with Crippen LogP contribution in [0.4, 0.5) is 0 Å². The van der Waals surface area contributed by atoms with Crippen LogP contribution in [0.1, 0.15) is 0 Å². The van der Waals surface area contributed by atoms with E-state index in [1.165, 1.54) is 0 Å². The molecule has 72 valence electrons. The van der Waals surface area contributed by atoms with Gasteiger partial charge in [-0.25, -0.2) is 9.13 Å². The molecule has 0 fully saturated rings. The molecule has 0 spiro atoms. The van der Waals surface area contributed by atoms with Crippen molar-refractivity contribution in [3.63, 3.8) is 0 Å². The van der Waals surface area contributed by atoms with Gasteiger partial charge in [0.05, 0.1) is 0 Å². The maximum Gasteiger partial charge on any atom is 0.316 e. The molecule has 0 aliphatic carbocycles. The van der Waals surface area contributed by atoms with Crippen molar-refractivity contribution in [2.24, 2.45) is 0 Å². The van der Waals surface area contributed by atoms with Gasteiger partial charge in [-0.2, -0.15) is 4.31 Å². The first-order valence-corrected chi connectivity index (χ1v) is 4.59. The second kappa shape index (κ2) is 8.55. The first-order chi connectivity index (χ1) is 3.71. The fourth-order valence-electron chi connectivity index (χ4n) is 0.139. The van der Waals surface area contributed by atoms with E-state index in [0.29, 0.717) is 0 Å². The number of phosphoric acid groups is 2. The zero-order chi connectivity index (χ0) is 7.71. The van der Waals surface area contributed by atoms with Crippen molar-refractivity contribution in [2.75, 3.05) is 0 Å². The van der Waals surface area contributed by atoms with E-state index in [9.17, 15) is 9.13 Å². The fraction of sp³-hybridized carbons (Fsp3) is 0. The molecule has 0 aromatic rings. The summed E-state index contributed by atoms with van der Waals surface area (Å²) in [5.74, 6) is 0. The van der Waals surface area contributed by atoms with E-state index >= 15 is 0 Å². The average Bonchev–Trinajstić information content (AvgIpc) is 1.14. The molecule has 0 unspecified atom stereocenters. The van der Waals surface area contributed by atoms with Crippen LogP contribution in [0.15, 0.2) is 0 Å². The van der Waals surface area contributed by atoms with Crippen molar-refractivity contribution in [3.8, 4) is 0 Å². The van der Waals surface area contributed by atoms with E-state index in [2.05, 4.69) is 4.31 Å². The first-order valence-electron chi connectivity index (χ1n) is 1.53. The van der Waals surface area contributed by atoms with Gasteiger partial charge in [0.1, 0.15) is 0 Å². The largest absolute Gasteiger partial charge is 0.316 e. The summed E-state index contributed by atoms with van der Waals surface area (Å²) in [5.41, 5.74) is 0. The molecular formula is H11CaMgNO7P2. The normalized spacial score (nSPS) is 10.3. The SMILES string of the molecule is N.O=P(O)(O)OP(=O)(O)O.[CaH2].[MgH2]. The molecule has 0 amide bonds. The Hall–Kier alpha value is 2.25. The molecule has 0 radical (unpaired) electrons. The van der Waals surface area contributed by atoms with Crippen LogP contribution in [-0.4, -0.2) is 80.4 Å². The molecule has 0 saturated carbocycles. The predicted molar refractivity (Wildman–Crippen MR) is 47.3 cm³/mol. The van der Waals surface area contributed by atoms with Crippen LogP contribution < -0.4 is 6.15 Å². The third-order valence-electron chi connectivity index (χ3n) is 0.213. The molecule has 0 saturated heterocycles. The number of rotatable bonds is 2. The summed E-state index contributed by atoms with van der Waals surface area (Å²) in [7, 11) is -10.1. The van der Waals surface area contributed by atoms with Gasteiger partial charge in [-0.05, 0) is 0 Å². The van der Waals surface area contributed by atoms with Crippen LogP contribution in [0, 0.1) is 0 Å². The topological polar surface area (TPSA) is 159 Å². The minimum atomic E-state index is -5.05. The van der Waals surface area contributed by atoms with Crippen LogP contribution in [-0.2, 0) is 13.4 Å². The number of hydrogen-bond donors (Lipinski definition) is 5. The summed E-state index contributed by atoms with van der Waals surface area (Å²) >= 11 is 0. The summed E-state index contributed by atoms with van der Waals surface area (Å²) in [6, 6.07) is 0. The predicted octanol–water partition coefficient (Wildman–Crippen LogP) is -2.48. The number of hydrogen-bond acceptors (Lipinski definition) is 4. The van der Waals surface area contributed by atoms with Crippen molar-refractivity contribution in [2.45, 2.75) is 0 Å². The van der Waals surface area contributed by atoms with Crippen LogP contribution in [0.5, 0.6) is 0 Å². The average molecular weight is 263 g/mol. The van der Waals surface area contributed by atoms with Crippen molar-refractivity contribution in [1.29, 1.82) is 0 Å². The van der Waals surface area contributed by atoms with Gasteiger partial charge in [0.2, 0.25) is 0 Å². The minimum absolute atomic E-state index is 0. The molecule has 0 aliphatic heterocycles. The summed E-state index contributed by atoms with van der Waals surface area (Å²) < 4.78 is 22.2. The molecule has 12 heavy (non-hydrogen) atoms. The molecule has 0 aromatic carbocycles. The van der Waals surface area contributed by atoms with Crippen LogP contribution in [0.3, 0.4) is 0 Å². The molecule has 0 aromatic heterocycles. The Morgan fingerprint density at radius 3 is 1.08 bits per heavy atom. The smallest absolute Gasteiger partial charge is 0.316 e. The molecule has 7 N–H and O–H groups in total. The van der Waals surface area contributed by atoms with Gasteiger partial charge in [-0.1, -0.05) is 0 Å². The van der Waals surface area contributed by atoms with Crippen LogP contribution >= 0.6 is 15.6 Å². The van der Waals surface area contributed by atoms with E-state index in [1.807, 2.05) is 0 Å². The Bertz CT molecular complexity index is 162. The maximum atomic E-state index is 9.63. The Morgan fingerprint density at radius 2 is 1.08 bits per heavy atom. The van der Waals surface area contributed by atoms with E-state index in [1.54, 1.807) is 0 Å². The monoisotopic (exact) mass is 263 g/mol. The Kier molecular flexibility index (Phi) is 17.0. The summed E-state index contributed by atoms with van der Waals surface area (Å²) in [6.07, 6.45) is 0. The Balaban J connectivity index is -0.000000107. The molecule has 8 nitrogen and oxygen atoms in total. The third-order valence-corrected chi connectivity index (χ3v) is 1.91. The van der Waals surface area contributed by atoms with Gasteiger partial charge in [0, 0.05) is 0 Å². The van der Waals surface area contributed by atoms with Crippen molar-refractivity contribution in [3.05, 3.63) is 0 Å². The first kappa shape index (κ1) is 23.8. The zero-order valence-corrected chi connectivity index (χ0v) is 6.40. The molecule has 0 aliphatic rings. The summed E-state index contributed by atoms with van der Waals surface area (Å²) in [4.78, 5) is 31.0. The fourth-order valence-corrected chi connectivity index (χ4v) is 1.25. The Morgan fingerprint density at radius 1 is 0.917 bits per heavy atom. The van der Waals surface area contributed by atoms with Gasteiger partial charge in [0.25, 0.3) is 0 Å². The molecular weight excluding hydrogens is 252 g/mol. The van der Waals surface area contributed by atoms with Gasteiger partial charge in [0.15, 0.2) is 0 Å². The van der Waals surface area contributed by atoms with Crippen LogP contribution in [0.25, 0.3) is 0 Å². The van der Waals surface area contributed by atoms with Crippen molar-refractivity contribution in [1.82, 2.24) is 6.15 Å². The van der Waals surface area contributed by atoms with Gasteiger partial charge in [-0.3, -0.25) is 0 Å². The summed E-state index contributed by atoms with van der Waals surface area (Å²) in [6.45, 7) is 0. The quantitative estimate of drug-likeness (QED) is 0.270. The van der Waals surface area contributed by atoms with Gasteiger partial charge in [-0.15, -0.1) is 0 Å². The molecule has 0 rings (SSSR count).